The van der Waals surface area contributed by atoms with Crippen LogP contribution in [0, 0.1) is 0 Å². The number of hydrogen-bond donors (Lipinski definition) is 3. The SMILES string of the molecule is CC(O)CNCC(=O)Nc1nc(-c2ccccc2)c(-c2ccc(=O)n(C(C)C)n2)s1. The lowest BCUT2D eigenvalue weighted by Gasteiger charge is -2.09. The van der Waals surface area contributed by atoms with Crippen LogP contribution in [0.2, 0.25) is 0 Å². The summed E-state index contributed by atoms with van der Waals surface area (Å²) in [6.45, 7) is 5.83. The summed E-state index contributed by atoms with van der Waals surface area (Å²) in [6, 6.07) is 12.7. The number of nitrogens with zero attached hydrogens (tertiary/aromatic N) is 3. The minimum Gasteiger partial charge on any atom is -0.392 e. The summed E-state index contributed by atoms with van der Waals surface area (Å²) in [4.78, 5) is 29.7. The van der Waals surface area contributed by atoms with E-state index in [2.05, 4.69) is 20.7 Å². The van der Waals surface area contributed by atoms with E-state index in [1.807, 2.05) is 44.2 Å². The van der Waals surface area contributed by atoms with Gasteiger partial charge in [-0.25, -0.2) is 9.67 Å². The number of aliphatic hydroxyl groups is 1. The molecule has 0 aliphatic heterocycles. The highest BCUT2D eigenvalue weighted by Gasteiger charge is 2.18. The minimum absolute atomic E-state index is 0.0664. The Hall–Kier alpha value is -2.88. The summed E-state index contributed by atoms with van der Waals surface area (Å²) in [7, 11) is 0. The molecule has 30 heavy (non-hydrogen) atoms. The van der Waals surface area contributed by atoms with Crippen LogP contribution in [0.15, 0.2) is 47.3 Å². The van der Waals surface area contributed by atoms with Gasteiger partial charge < -0.3 is 15.7 Å². The second-order valence-electron chi connectivity index (χ2n) is 7.19. The van der Waals surface area contributed by atoms with Crippen molar-refractivity contribution in [1.29, 1.82) is 0 Å². The second-order valence-corrected chi connectivity index (χ2v) is 8.19. The molecule has 0 spiro atoms. The molecule has 0 fully saturated rings. The number of anilines is 1. The van der Waals surface area contributed by atoms with Crippen LogP contribution in [0.5, 0.6) is 0 Å². The molecule has 2 heterocycles. The molecule has 0 radical (unpaired) electrons. The van der Waals surface area contributed by atoms with Crippen molar-refractivity contribution in [3.63, 3.8) is 0 Å². The van der Waals surface area contributed by atoms with Gasteiger partial charge in [-0.05, 0) is 26.8 Å². The lowest BCUT2D eigenvalue weighted by Crippen LogP contribution is -2.32. The zero-order chi connectivity index (χ0) is 21.7. The Labute approximate surface area is 178 Å². The molecule has 9 heteroatoms. The quantitative estimate of drug-likeness (QED) is 0.510. The summed E-state index contributed by atoms with van der Waals surface area (Å²) in [5.74, 6) is -0.254. The van der Waals surface area contributed by atoms with Crippen molar-refractivity contribution in [1.82, 2.24) is 20.1 Å². The van der Waals surface area contributed by atoms with Gasteiger partial charge in [-0.3, -0.25) is 9.59 Å². The van der Waals surface area contributed by atoms with Gasteiger partial charge in [0.25, 0.3) is 5.56 Å². The van der Waals surface area contributed by atoms with E-state index in [9.17, 15) is 14.7 Å². The van der Waals surface area contributed by atoms with Crippen LogP contribution in [0.25, 0.3) is 21.8 Å². The average Bonchev–Trinajstić information content (AvgIpc) is 3.12. The maximum Gasteiger partial charge on any atom is 0.267 e. The molecule has 1 aromatic carbocycles. The number of rotatable bonds is 8. The van der Waals surface area contributed by atoms with Gasteiger partial charge in [0.2, 0.25) is 5.91 Å². The number of carbonyl (C=O) groups excluding carboxylic acids is 1. The predicted molar refractivity (Wildman–Crippen MR) is 119 cm³/mol. The van der Waals surface area contributed by atoms with E-state index in [1.54, 1.807) is 13.0 Å². The molecule has 3 aromatic rings. The monoisotopic (exact) mass is 427 g/mol. The van der Waals surface area contributed by atoms with Gasteiger partial charge in [-0.2, -0.15) is 5.10 Å². The van der Waals surface area contributed by atoms with Gasteiger partial charge in [0.15, 0.2) is 5.13 Å². The third kappa shape index (κ3) is 5.38. The summed E-state index contributed by atoms with van der Waals surface area (Å²) in [6.07, 6.45) is -0.531. The Morgan fingerprint density at radius 2 is 1.90 bits per heavy atom. The summed E-state index contributed by atoms with van der Waals surface area (Å²) in [5.41, 5.74) is 2.03. The number of nitrogens with one attached hydrogen (secondary N) is 2. The molecule has 0 saturated carbocycles. The van der Waals surface area contributed by atoms with Gasteiger partial charge in [-0.15, -0.1) is 0 Å². The number of hydrogen-bond acceptors (Lipinski definition) is 7. The molecule has 2 aromatic heterocycles. The fraction of sp³-hybridized carbons (Fsp3) is 0.333. The van der Waals surface area contributed by atoms with Crippen molar-refractivity contribution in [2.24, 2.45) is 0 Å². The number of amides is 1. The van der Waals surface area contributed by atoms with Crippen LogP contribution in [0.4, 0.5) is 5.13 Å². The van der Waals surface area contributed by atoms with E-state index < -0.39 is 6.10 Å². The molecule has 3 N–H and O–H groups in total. The first-order valence-corrected chi connectivity index (χ1v) is 10.5. The highest BCUT2D eigenvalue weighted by Crippen LogP contribution is 2.37. The Balaban J connectivity index is 1.95. The summed E-state index contributed by atoms with van der Waals surface area (Å²) >= 11 is 1.30. The van der Waals surface area contributed by atoms with E-state index in [1.165, 1.54) is 22.1 Å². The summed E-state index contributed by atoms with van der Waals surface area (Å²) in [5, 5.41) is 19.9. The summed E-state index contributed by atoms with van der Waals surface area (Å²) < 4.78 is 1.43. The molecule has 3 rings (SSSR count). The highest BCUT2D eigenvalue weighted by atomic mass is 32.1. The first-order valence-electron chi connectivity index (χ1n) is 9.70. The Morgan fingerprint density at radius 1 is 1.17 bits per heavy atom. The van der Waals surface area contributed by atoms with Gasteiger partial charge in [0, 0.05) is 18.2 Å². The standard InChI is InChI=1S/C21H25N5O3S/c1-13(2)26-18(29)10-9-16(25-26)20-19(15-7-5-4-6-8-15)24-21(30-20)23-17(28)12-22-11-14(3)27/h4-10,13-14,22,27H,11-12H2,1-3H3,(H,23,24,28). The molecule has 8 nitrogen and oxygen atoms in total. The molecule has 0 bridgehead atoms. The second kappa shape index (κ2) is 9.75. The van der Waals surface area contributed by atoms with Crippen LogP contribution in [0.1, 0.15) is 26.8 Å². The zero-order valence-corrected chi connectivity index (χ0v) is 17.9. The Kier molecular flexibility index (Phi) is 7.09. The van der Waals surface area contributed by atoms with Crippen LogP contribution in [0.3, 0.4) is 0 Å². The van der Waals surface area contributed by atoms with Crippen molar-refractivity contribution in [3.8, 4) is 21.8 Å². The van der Waals surface area contributed by atoms with Gasteiger partial charge in [0.1, 0.15) is 5.69 Å². The van der Waals surface area contributed by atoms with E-state index in [0.717, 1.165) is 10.4 Å². The van der Waals surface area contributed by atoms with Crippen molar-refractivity contribution in [2.75, 3.05) is 18.4 Å². The molecule has 1 amide bonds. The first kappa shape index (κ1) is 21.8. The van der Waals surface area contributed by atoms with E-state index in [4.69, 9.17) is 0 Å². The maximum absolute atomic E-state index is 12.2. The Morgan fingerprint density at radius 3 is 2.57 bits per heavy atom. The Bertz CT molecular complexity index is 1060. The highest BCUT2D eigenvalue weighted by molar-refractivity contribution is 7.19. The molecule has 158 valence electrons. The van der Waals surface area contributed by atoms with Gasteiger partial charge in [-0.1, -0.05) is 41.7 Å². The molecule has 1 unspecified atom stereocenters. The lowest BCUT2D eigenvalue weighted by molar-refractivity contribution is -0.115. The largest absolute Gasteiger partial charge is 0.392 e. The molecule has 1 atom stereocenters. The third-order valence-electron chi connectivity index (χ3n) is 4.19. The normalized spacial score (nSPS) is 12.2. The van der Waals surface area contributed by atoms with Crippen LogP contribution in [-0.2, 0) is 4.79 Å². The number of benzene rings is 1. The smallest absolute Gasteiger partial charge is 0.267 e. The van der Waals surface area contributed by atoms with Crippen molar-refractivity contribution in [3.05, 3.63) is 52.8 Å². The first-order chi connectivity index (χ1) is 14.3. The fourth-order valence-corrected chi connectivity index (χ4v) is 3.78. The maximum atomic E-state index is 12.2. The van der Waals surface area contributed by atoms with E-state index in [-0.39, 0.29) is 24.1 Å². The number of aromatic nitrogens is 3. The van der Waals surface area contributed by atoms with E-state index in [0.29, 0.717) is 23.1 Å². The van der Waals surface area contributed by atoms with Crippen LogP contribution < -0.4 is 16.2 Å². The zero-order valence-electron chi connectivity index (χ0n) is 17.1. The predicted octanol–water partition coefficient (Wildman–Crippen LogP) is 2.52. The number of thiazole rings is 1. The third-order valence-corrected chi connectivity index (χ3v) is 5.19. The fourth-order valence-electron chi connectivity index (χ4n) is 2.81. The van der Waals surface area contributed by atoms with Gasteiger partial charge in [0.05, 0.1) is 29.3 Å². The van der Waals surface area contributed by atoms with Crippen molar-refractivity contribution >= 4 is 22.4 Å². The molecule has 0 saturated heterocycles. The molecule has 0 aliphatic rings. The van der Waals surface area contributed by atoms with Crippen molar-refractivity contribution in [2.45, 2.75) is 32.9 Å². The number of aliphatic hydroxyl groups excluding tert-OH is 1. The molecular weight excluding hydrogens is 402 g/mol. The lowest BCUT2D eigenvalue weighted by atomic mass is 10.1. The minimum atomic E-state index is -0.531. The number of carbonyl (C=O) groups is 1. The molecule has 0 aliphatic carbocycles. The van der Waals surface area contributed by atoms with Crippen LogP contribution >= 0.6 is 11.3 Å². The van der Waals surface area contributed by atoms with Crippen LogP contribution in [-0.4, -0.2) is 45.0 Å². The van der Waals surface area contributed by atoms with Gasteiger partial charge >= 0.3 is 0 Å². The molecular formula is C21H25N5O3S. The average molecular weight is 428 g/mol. The van der Waals surface area contributed by atoms with Crippen molar-refractivity contribution < 1.29 is 9.90 Å². The topological polar surface area (TPSA) is 109 Å². The van der Waals surface area contributed by atoms with E-state index >= 15 is 0 Å².